The van der Waals surface area contributed by atoms with E-state index in [4.69, 9.17) is 16.3 Å². The molecule has 1 N–H and O–H groups in total. The molecule has 1 atom stereocenters. The number of rotatable bonds is 1. The SMILES string of the molecule is COc1ccc(Cl)c2c1C(=O)N1CCNC[C@@H]21.Cl. The third-order valence-corrected chi connectivity index (χ3v) is 3.75. The van der Waals surface area contributed by atoms with E-state index in [1.54, 1.807) is 19.2 Å². The minimum absolute atomic E-state index is 0. The molecule has 0 unspecified atom stereocenters. The van der Waals surface area contributed by atoms with E-state index in [0.29, 0.717) is 16.3 Å². The normalized spacial score (nSPS) is 21.1. The van der Waals surface area contributed by atoms with Gasteiger partial charge in [0.15, 0.2) is 0 Å². The Bertz CT molecular complexity index is 493. The fraction of sp³-hybridized carbons (Fsp3) is 0.417. The van der Waals surface area contributed by atoms with E-state index in [1.165, 1.54) is 0 Å². The zero-order valence-corrected chi connectivity index (χ0v) is 11.5. The van der Waals surface area contributed by atoms with E-state index in [2.05, 4.69) is 5.32 Å². The highest BCUT2D eigenvalue weighted by Crippen LogP contribution is 2.42. The van der Waals surface area contributed by atoms with Crippen LogP contribution < -0.4 is 10.1 Å². The largest absolute Gasteiger partial charge is 0.496 e. The van der Waals surface area contributed by atoms with Gasteiger partial charge in [-0.3, -0.25) is 4.79 Å². The third kappa shape index (κ3) is 1.76. The standard InChI is InChI=1S/C12H13ClN2O2.ClH/c1-17-9-3-2-7(13)10-8-6-14-4-5-15(8)12(16)11(9)10;/h2-3,8,14H,4-6H2,1H3;1H/t8-;/m0./s1. The molecule has 1 aromatic carbocycles. The number of piperazine rings is 1. The van der Waals surface area contributed by atoms with Crippen molar-refractivity contribution in [3.63, 3.8) is 0 Å². The van der Waals surface area contributed by atoms with Gasteiger partial charge in [0, 0.05) is 30.2 Å². The number of ether oxygens (including phenoxy) is 1. The lowest BCUT2D eigenvalue weighted by Crippen LogP contribution is -2.44. The summed E-state index contributed by atoms with van der Waals surface area (Å²) in [5.74, 6) is 0.648. The number of nitrogens with one attached hydrogen (secondary N) is 1. The van der Waals surface area contributed by atoms with Gasteiger partial charge in [0.05, 0.1) is 18.7 Å². The average molecular weight is 289 g/mol. The maximum absolute atomic E-state index is 12.3. The van der Waals surface area contributed by atoms with Crippen LogP contribution in [0, 0.1) is 0 Å². The van der Waals surface area contributed by atoms with E-state index in [-0.39, 0.29) is 24.4 Å². The van der Waals surface area contributed by atoms with Gasteiger partial charge in [-0.2, -0.15) is 0 Å². The first-order valence-electron chi connectivity index (χ1n) is 5.62. The molecule has 3 rings (SSSR count). The summed E-state index contributed by atoms with van der Waals surface area (Å²) in [5, 5.41) is 3.93. The molecule has 1 aromatic rings. The van der Waals surface area contributed by atoms with Gasteiger partial charge in [-0.25, -0.2) is 0 Å². The first-order chi connectivity index (χ1) is 8.24. The molecule has 0 saturated carbocycles. The summed E-state index contributed by atoms with van der Waals surface area (Å²) in [5.41, 5.74) is 1.54. The van der Waals surface area contributed by atoms with Crippen LogP contribution in [0.15, 0.2) is 12.1 Å². The Morgan fingerprint density at radius 1 is 1.50 bits per heavy atom. The molecule has 2 aliphatic heterocycles. The Morgan fingerprint density at radius 2 is 2.28 bits per heavy atom. The molecule has 6 heteroatoms. The van der Waals surface area contributed by atoms with Crippen molar-refractivity contribution >= 4 is 29.9 Å². The number of halogens is 2. The minimum Gasteiger partial charge on any atom is -0.496 e. The van der Waals surface area contributed by atoms with Gasteiger partial charge < -0.3 is 15.0 Å². The number of benzene rings is 1. The second kappa shape index (κ2) is 4.96. The van der Waals surface area contributed by atoms with Crippen LogP contribution in [-0.2, 0) is 0 Å². The van der Waals surface area contributed by atoms with Crippen LogP contribution in [0.25, 0.3) is 0 Å². The van der Waals surface area contributed by atoms with Crippen LogP contribution in [0.1, 0.15) is 22.0 Å². The lowest BCUT2D eigenvalue weighted by Gasteiger charge is -2.30. The van der Waals surface area contributed by atoms with Crippen molar-refractivity contribution in [2.75, 3.05) is 26.7 Å². The van der Waals surface area contributed by atoms with Crippen molar-refractivity contribution in [1.29, 1.82) is 0 Å². The molecule has 2 aliphatic rings. The zero-order valence-electron chi connectivity index (χ0n) is 9.90. The Kier molecular flexibility index (Phi) is 3.71. The van der Waals surface area contributed by atoms with Crippen molar-refractivity contribution in [3.8, 4) is 5.75 Å². The number of fused-ring (bicyclic) bond motifs is 3. The lowest BCUT2D eigenvalue weighted by atomic mass is 10.0. The van der Waals surface area contributed by atoms with Crippen LogP contribution in [0.3, 0.4) is 0 Å². The van der Waals surface area contributed by atoms with Gasteiger partial charge >= 0.3 is 0 Å². The van der Waals surface area contributed by atoms with E-state index in [9.17, 15) is 4.79 Å². The Labute approximate surface area is 117 Å². The minimum atomic E-state index is 0. The number of hydrogen-bond donors (Lipinski definition) is 1. The first-order valence-corrected chi connectivity index (χ1v) is 6.00. The van der Waals surface area contributed by atoms with Gasteiger partial charge in [-0.1, -0.05) is 11.6 Å². The second-order valence-corrected chi connectivity index (χ2v) is 4.66. The number of hydrogen-bond acceptors (Lipinski definition) is 3. The summed E-state index contributed by atoms with van der Waals surface area (Å²) in [4.78, 5) is 14.2. The van der Waals surface area contributed by atoms with E-state index in [1.807, 2.05) is 4.90 Å². The topological polar surface area (TPSA) is 41.6 Å². The van der Waals surface area contributed by atoms with Gasteiger partial charge in [0.25, 0.3) is 5.91 Å². The lowest BCUT2D eigenvalue weighted by molar-refractivity contribution is 0.0689. The van der Waals surface area contributed by atoms with Crippen molar-refractivity contribution in [3.05, 3.63) is 28.3 Å². The molecule has 1 amide bonds. The van der Waals surface area contributed by atoms with Crippen LogP contribution in [0.5, 0.6) is 5.75 Å². The molecule has 0 aromatic heterocycles. The monoisotopic (exact) mass is 288 g/mol. The van der Waals surface area contributed by atoms with Crippen molar-refractivity contribution in [1.82, 2.24) is 10.2 Å². The third-order valence-electron chi connectivity index (χ3n) is 3.43. The fourth-order valence-corrected chi connectivity index (χ4v) is 2.92. The summed E-state index contributed by atoms with van der Waals surface area (Å²) < 4.78 is 5.26. The highest BCUT2D eigenvalue weighted by atomic mass is 35.5. The molecular weight excluding hydrogens is 275 g/mol. The number of carbonyl (C=O) groups excluding carboxylic acids is 1. The summed E-state index contributed by atoms with van der Waals surface area (Å²) in [7, 11) is 1.58. The predicted octanol–water partition coefficient (Wildman–Crippen LogP) is 1.87. The van der Waals surface area contributed by atoms with Crippen LogP contribution >= 0.6 is 24.0 Å². The number of nitrogens with zero attached hydrogens (tertiary/aromatic N) is 1. The van der Waals surface area contributed by atoms with Gasteiger partial charge in [-0.05, 0) is 12.1 Å². The molecule has 0 aliphatic carbocycles. The maximum Gasteiger partial charge on any atom is 0.258 e. The van der Waals surface area contributed by atoms with Crippen molar-refractivity contribution in [2.45, 2.75) is 6.04 Å². The van der Waals surface area contributed by atoms with Gasteiger partial charge in [0.2, 0.25) is 0 Å². The van der Waals surface area contributed by atoms with Crippen LogP contribution in [0.4, 0.5) is 0 Å². The predicted molar refractivity (Wildman–Crippen MR) is 71.9 cm³/mol. The Morgan fingerprint density at radius 3 is 3.00 bits per heavy atom. The first kappa shape index (κ1) is 13.5. The molecule has 0 spiro atoms. The van der Waals surface area contributed by atoms with Crippen molar-refractivity contribution < 1.29 is 9.53 Å². The molecule has 0 bridgehead atoms. The molecular formula is C12H14Cl2N2O2. The number of amides is 1. The fourth-order valence-electron chi connectivity index (χ4n) is 2.64. The highest BCUT2D eigenvalue weighted by Gasteiger charge is 2.41. The molecule has 4 nitrogen and oxygen atoms in total. The van der Waals surface area contributed by atoms with E-state index < -0.39 is 0 Å². The van der Waals surface area contributed by atoms with Crippen LogP contribution in [0.2, 0.25) is 5.02 Å². The quantitative estimate of drug-likeness (QED) is 0.858. The summed E-state index contributed by atoms with van der Waals surface area (Å²) in [6, 6.07) is 3.60. The Balaban J connectivity index is 0.00000120. The number of methoxy groups -OCH3 is 1. The summed E-state index contributed by atoms with van der Waals surface area (Å²) in [6.07, 6.45) is 0. The molecule has 2 heterocycles. The highest BCUT2D eigenvalue weighted by molar-refractivity contribution is 6.32. The smallest absolute Gasteiger partial charge is 0.258 e. The summed E-state index contributed by atoms with van der Waals surface area (Å²) >= 11 is 6.22. The van der Waals surface area contributed by atoms with E-state index in [0.717, 1.165) is 25.2 Å². The van der Waals surface area contributed by atoms with Crippen LogP contribution in [-0.4, -0.2) is 37.6 Å². The van der Waals surface area contributed by atoms with E-state index >= 15 is 0 Å². The molecule has 1 saturated heterocycles. The summed E-state index contributed by atoms with van der Waals surface area (Å²) in [6.45, 7) is 2.31. The Hall–Kier alpha value is -0.970. The zero-order chi connectivity index (χ0) is 12.0. The van der Waals surface area contributed by atoms with Crippen molar-refractivity contribution in [2.24, 2.45) is 0 Å². The van der Waals surface area contributed by atoms with Gasteiger partial charge in [-0.15, -0.1) is 12.4 Å². The molecule has 98 valence electrons. The molecule has 18 heavy (non-hydrogen) atoms. The van der Waals surface area contributed by atoms with Gasteiger partial charge in [0.1, 0.15) is 5.75 Å². The average Bonchev–Trinajstić information content (AvgIpc) is 2.66. The number of carbonyl (C=O) groups is 1. The molecule has 1 fully saturated rings. The molecule has 0 radical (unpaired) electrons. The maximum atomic E-state index is 12.3. The second-order valence-electron chi connectivity index (χ2n) is 4.26.